The zero-order valence-electron chi connectivity index (χ0n) is 11.2. The van der Waals surface area contributed by atoms with Crippen molar-refractivity contribution in [2.75, 3.05) is 14.2 Å². The Morgan fingerprint density at radius 3 is 2.56 bits per heavy atom. The summed E-state index contributed by atoms with van der Waals surface area (Å²) >= 11 is 0. The highest BCUT2D eigenvalue weighted by molar-refractivity contribution is 5.67. The first-order valence-electron chi connectivity index (χ1n) is 5.92. The van der Waals surface area contributed by atoms with Crippen LogP contribution in [-0.2, 0) is 0 Å². The van der Waals surface area contributed by atoms with Crippen LogP contribution >= 0.6 is 0 Å². The van der Waals surface area contributed by atoms with Gasteiger partial charge in [-0.3, -0.25) is 0 Å². The van der Waals surface area contributed by atoms with Crippen molar-refractivity contribution in [3.05, 3.63) is 30.6 Å². The third-order valence-electron chi connectivity index (χ3n) is 2.87. The van der Waals surface area contributed by atoms with Gasteiger partial charge >= 0.3 is 0 Å². The van der Waals surface area contributed by atoms with Crippen LogP contribution in [0.15, 0.2) is 30.6 Å². The average Bonchev–Trinajstić information content (AvgIpc) is 2.87. The minimum atomic E-state index is 0.346. The number of hydrogen-bond acceptors (Lipinski definition) is 3. The van der Waals surface area contributed by atoms with Crippen molar-refractivity contribution in [3.63, 3.8) is 0 Å². The van der Waals surface area contributed by atoms with E-state index in [1.807, 2.05) is 24.4 Å². The molecule has 1 aromatic heterocycles. The molecular formula is C14H18N2O2. The normalized spacial score (nSPS) is 10.7. The number of methoxy groups -OCH3 is 2. The second kappa shape index (κ2) is 5.12. The van der Waals surface area contributed by atoms with E-state index in [2.05, 4.69) is 23.4 Å². The third-order valence-corrected chi connectivity index (χ3v) is 2.87. The molecule has 0 aliphatic carbocycles. The van der Waals surface area contributed by atoms with E-state index in [-0.39, 0.29) is 0 Å². The Balaban J connectivity index is 2.57. The zero-order chi connectivity index (χ0) is 13.1. The highest BCUT2D eigenvalue weighted by Crippen LogP contribution is 2.33. The Labute approximate surface area is 107 Å². The van der Waals surface area contributed by atoms with Gasteiger partial charge in [0.25, 0.3) is 0 Å². The molecule has 0 saturated carbocycles. The molecule has 0 atom stereocenters. The predicted molar refractivity (Wildman–Crippen MR) is 71.2 cm³/mol. The SMILES string of the molecule is COc1ccc(OC)c(-c2nccn2C(C)C)c1. The lowest BCUT2D eigenvalue weighted by atomic mass is 10.1. The molecule has 0 spiro atoms. The van der Waals surface area contributed by atoms with Gasteiger partial charge in [-0.1, -0.05) is 0 Å². The van der Waals surface area contributed by atoms with E-state index in [0.717, 1.165) is 22.9 Å². The highest BCUT2D eigenvalue weighted by atomic mass is 16.5. The topological polar surface area (TPSA) is 36.3 Å². The summed E-state index contributed by atoms with van der Waals surface area (Å²) in [5.74, 6) is 2.48. The monoisotopic (exact) mass is 246 g/mol. The van der Waals surface area contributed by atoms with Crippen LogP contribution in [0.2, 0.25) is 0 Å². The van der Waals surface area contributed by atoms with Gasteiger partial charge in [0.1, 0.15) is 17.3 Å². The zero-order valence-corrected chi connectivity index (χ0v) is 11.2. The van der Waals surface area contributed by atoms with E-state index < -0.39 is 0 Å². The standard InChI is InChI=1S/C14H18N2O2/c1-10(2)16-8-7-15-14(16)12-9-11(17-3)5-6-13(12)18-4/h5-10H,1-4H3. The molecule has 0 N–H and O–H groups in total. The maximum atomic E-state index is 5.39. The Morgan fingerprint density at radius 1 is 1.17 bits per heavy atom. The van der Waals surface area contributed by atoms with Crippen molar-refractivity contribution in [1.82, 2.24) is 9.55 Å². The summed E-state index contributed by atoms with van der Waals surface area (Å²) in [6.45, 7) is 4.25. The van der Waals surface area contributed by atoms with Gasteiger partial charge in [0.15, 0.2) is 0 Å². The molecule has 18 heavy (non-hydrogen) atoms. The minimum absolute atomic E-state index is 0.346. The van der Waals surface area contributed by atoms with Gasteiger partial charge in [-0.25, -0.2) is 4.98 Å². The molecule has 4 nitrogen and oxygen atoms in total. The van der Waals surface area contributed by atoms with Crippen molar-refractivity contribution in [2.45, 2.75) is 19.9 Å². The predicted octanol–water partition coefficient (Wildman–Crippen LogP) is 3.15. The van der Waals surface area contributed by atoms with Gasteiger partial charge in [0.2, 0.25) is 0 Å². The number of rotatable bonds is 4. The number of hydrogen-bond donors (Lipinski definition) is 0. The first-order chi connectivity index (χ1) is 8.67. The smallest absolute Gasteiger partial charge is 0.144 e. The van der Waals surface area contributed by atoms with Crippen molar-refractivity contribution in [3.8, 4) is 22.9 Å². The van der Waals surface area contributed by atoms with E-state index in [1.54, 1.807) is 20.4 Å². The maximum absolute atomic E-state index is 5.39. The molecule has 1 aromatic carbocycles. The molecule has 0 saturated heterocycles. The van der Waals surface area contributed by atoms with Crippen LogP contribution in [-0.4, -0.2) is 23.8 Å². The molecular weight excluding hydrogens is 228 g/mol. The van der Waals surface area contributed by atoms with Crippen LogP contribution < -0.4 is 9.47 Å². The van der Waals surface area contributed by atoms with Crippen molar-refractivity contribution in [2.24, 2.45) is 0 Å². The van der Waals surface area contributed by atoms with Crippen LogP contribution in [0.5, 0.6) is 11.5 Å². The Kier molecular flexibility index (Phi) is 3.55. The summed E-state index contributed by atoms with van der Waals surface area (Å²) in [4.78, 5) is 4.42. The molecule has 0 radical (unpaired) electrons. The minimum Gasteiger partial charge on any atom is -0.497 e. The van der Waals surface area contributed by atoms with E-state index in [9.17, 15) is 0 Å². The quantitative estimate of drug-likeness (QED) is 0.831. The fourth-order valence-electron chi connectivity index (χ4n) is 1.93. The number of aromatic nitrogens is 2. The maximum Gasteiger partial charge on any atom is 0.144 e. The molecule has 1 heterocycles. The van der Waals surface area contributed by atoms with Gasteiger partial charge < -0.3 is 14.0 Å². The van der Waals surface area contributed by atoms with E-state index in [0.29, 0.717) is 6.04 Å². The largest absolute Gasteiger partial charge is 0.497 e. The molecule has 96 valence electrons. The van der Waals surface area contributed by atoms with Gasteiger partial charge in [-0.15, -0.1) is 0 Å². The third kappa shape index (κ3) is 2.18. The summed E-state index contributed by atoms with van der Waals surface area (Å²) in [5.41, 5.74) is 0.940. The van der Waals surface area contributed by atoms with Crippen LogP contribution in [0.4, 0.5) is 0 Å². The lowest BCUT2D eigenvalue weighted by Gasteiger charge is -2.14. The summed E-state index contributed by atoms with van der Waals surface area (Å²) in [6, 6.07) is 6.07. The van der Waals surface area contributed by atoms with Crippen LogP contribution in [0.1, 0.15) is 19.9 Å². The van der Waals surface area contributed by atoms with E-state index >= 15 is 0 Å². The van der Waals surface area contributed by atoms with E-state index in [1.165, 1.54) is 0 Å². The molecule has 0 aliphatic rings. The molecule has 0 unspecified atom stereocenters. The number of imidazole rings is 1. The molecule has 2 rings (SSSR count). The first-order valence-corrected chi connectivity index (χ1v) is 5.92. The summed E-state index contributed by atoms with van der Waals surface area (Å²) in [6.07, 6.45) is 3.77. The molecule has 0 amide bonds. The molecule has 4 heteroatoms. The Morgan fingerprint density at radius 2 is 1.94 bits per heavy atom. The summed E-state index contributed by atoms with van der Waals surface area (Å²) in [7, 11) is 3.31. The summed E-state index contributed by atoms with van der Waals surface area (Å²) in [5, 5.41) is 0. The van der Waals surface area contributed by atoms with Crippen molar-refractivity contribution in [1.29, 1.82) is 0 Å². The average molecular weight is 246 g/mol. The number of nitrogens with zero attached hydrogens (tertiary/aromatic N) is 2. The highest BCUT2D eigenvalue weighted by Gasteiger charge is 2.14. The lowest BCUT2D eigenvalue weighted by molar-refractivity contribution is 0.404. The van der Waals surface area contributed by atoms with Gasteiger partial charge in [-0.2, -0.15) is 0 Å². The van der Waals surface area contributed by atoms with Gasteiger partial charge in [0, 0.05) is 18.4 Å². The molecule has 0 fully saturated rings. The van der Waals surface area contributed by atoms with Crippen LogP contribution in [0.3, 0.4) is 0 Å². The fourth-order valence-corrected chi connectivity index (χ4v) is 1.93. The lowest BCUT2D eigenvalue weighted by Crippen LogP contribution is -2.03. The Hall–Kier alpha value is -1.97. The second-order valence-electron chi connectivity index (χ2n) is 4.32. The van der Waals surface area contributed by atoms with Gasteiger partial charge in [-0.05, 0) is 32.0 Å². The molecule has 0 bridgehead atoms. The van der Waals surface area contributed by atoms with E-state index in [4.69, 9.17) is 9.47 Å². The number of benzene rings is 1. The number of ether oxygens (including phenoxy) is 2. The molecule has 0 aliphatic heterocycles. The van der Waals surface area contributed by atoms with Crippen LogP contribution in [0, 0.1) is 0 Å². The van der Waals surface area contributed by atoms with Crippen molar-refractivity contribution < 1.29 is 9.47 Å². The van der Waals surface area contributed by atoms with Crippen molar-refractivity contribution >= 4 is 0 Å². The molecule has 2 aromatic rings. The Bertz CT molecular complexity index is 532. The van der Waals surface area contributed by atoms with Gasteiger partial charge in [0.05, 0.1) is 19.8 Å². The first kappa shape index (κ1) is 12.5. The second-order valence-corrected chi connectivity index (χ2v) is 4.32. The van der Waals surface area contributed by atoms with Crippen LogP contribution in [0.25, 0.3) is 11.4 Å². The summed E-state index contributed by atoms with van der Waals surface area (Å²) < 4.78 is 12.8. The fraction of sp³-hybridized carbons (Fsp3) is 0.357.